The minimum atomic E-state index is -0.902. The van der Waals surface area contributed by atoms with Gasteiger partial charge in [-0.05, 0) is 23.5 Å². The first-order chi connectivity index (χ1) is 21.0. The fraction of sp³-hybridized carbons (Fsp3) is 0.613. The summed E-state index contributed by atoms with van der Waals surface area (Å²) in [6, 6.07) is 6.12. The van der Waals surface area contributed by atoms with E-state index in [0.29, 0.717) is 26.4 Å². The normalized spacial score (nSPS) is 17.5. The number of carbonyl (C=O) groups is 3. The second-order valence-corrected chi connectivity index (χ2v) is 12.6. The number of hydrogen-bond acceptors (Lipinski definition) is 10. The Morgan fingerprint density at radius 2 is 1.68 bits per heavy atom. The van der Waals surface area contributed by atoms with E-state index in [9.17, 15) is 19.5 Å². The number of nitrogens with one attached hydrogen (secondary N) is 2. The first kappa shape index (κ1) is 35.5. The predicted molar refractivity (Wildman–Crippen MR) is 166 cm³/mol. The van der Waals surface area contributed by atoms with E-state index in [1.807, 2.05) is 57.5 Å². The van der Waals surface area contributed by atoms with E-state index in [-0.39, 0.29) is 57.6 Å². The molecule has 3 amide bonds. The molecule has 1 fully saturated rings. The quantitative estimate of drug-likeness (QED) is 0.190. The molecule has 12 nitrogen and oxygen atoms in total. The Balaban J connectivity index is 1.49. The Labute approximate surface area is 263 Å². The topological polar surface area (TPSA) is 160 Å². The molecule has 44 heavy (non-hydrogen) atoms. The second kappa shape index (κ2) is 17.5. The van der Waals surface area contributed by atoms with Gasteiger partial charge in [0.05, 0.1) is 68.4 Å². The molecule has 4 N–H and O–H groups in total. The number of hydrogen-bond donors (Lipinski definition) is 4. The SMILES string of the molecule is Cc1ncsc1-c1ccc(CNC(=O)C2CC(O)CN2C(=O)C(NC(=O)CCOCCOCCOCCO)C(C)(C)C)cc1. The van der Waals surface area contributed by atoms with E-state index in [1.54, 1.807) is 11.3 Å². The van der Waals surface area contributed by atoms with Crippen molar-refractivity contribution in [3.8, 4) is 10.4 Å². The summed E-state index contributed by atoms with van der Waals surface area (Å²) in [6.45, 7) is 9.55. The minimum Gasteiger partial charge on any atom is -0.394 e. The van der Waals surface area contributed by atoms with Gasteiger partial charge in [-0.3, -0.25) is 14.4 Å². The molecule has 1 aromatic heterocycles. The van der Waals surface area contributed by atoms with Crippen molar-refractivity contribution in [2.75, 3.05) is 52.8 Å². The van der Waals surface area contributed by atoms with Crippen LogP contribution in [0.2, 0.25) is 0 Å². The minimum absolute atomic E-state index is 0.0103. The zero-order valence-electron chi connectivity index (χ0n) is 26.0. The number of aliphatic hydroxyl groups is 2. The number of ether oxygens (including phenoxy) is 3. The largest absolute Gasteiger partial charge is 0.394 e. The highest BCUT2D eigenvalue weighted by Gasteiger charge is 2.44. The van der Waals surface area contributed by atoms with Gasteiger partial charge in [0.2, 0.25) is 17.7 Å². The number of β-amino-alcohol motifs (C(OH)–C–C–N with tert-alkyl or cyclic N) is 1. The molecule has 2 aromatic rings. The first-order valence-corrected chi connectivity index (χ1v) is 15.8. The van der Waals surface area contributed by atoms with Gasteiger partial charge in [0.25, 0.3) is 0 Å². The van der Waals surface area contributed by atoms with Crippen molar-refractivity contribution in [3.05, 3.63) is 41.0 Å². The Kier molecular flexibility index (Phi) is 14.2. The number of nitrogens with zero attached hydrogens (tertiary/aromatic N) is 2. The summed E-state index contributed by atoms with van der Waals surface area (Å²) in [5.74, 6) is -1.12. The lowest BCUT2D eigenvalue weighted by Crippen LogP contribution is -2.57. The van der Waals surface area contributed by atoms with Crippen molar-refractivity contribution >= 4 is 29.1 Å². The van der Waals surface area contributed by atoms with Crippen LogP contribution in [-0.4, -0.2) is 109 Å². The number of carbonyl (C=O) groups excluding carboxylic acids is 3. The van der Waals surface area contributed by atoms with Gasteiger partial charge in [-0.25, -0.2) is 4.98 Å². The maximum Gasteiger partial charge on any atom is 0.246 e. The molecule has 0 spiro atoms. The van der Waals surface area contributed by atoms with Gasteiger partial charge in [0.15, 0.2) is 0 Å². The highest BCUT2D eigenvalue weighted by atomic mass is 32.1. The first-order valence-electron chi connectivity index (χ1n) is 14.9. The number of amides is 3. The van der Waals surface area contributed by atoms with Gasteiger partial charge in [-0.1, -0.05) is 45.0 Å². The van der Waals surface area contributed by atoms with E-state index < -0.39 is 29.5 Å². The fourth-order valence-electron chi connectivity index (χ4n) is 4.78. The van der Waals surface area contributed by atoms with Crippen LogP contribution in [0.5, 0.6) is 0 Å². The molecule has 3 rings (SSSR count). The van der Waals surface area contributed by atoms with E-state index in [1.165, 1.54) is 4.90 Å². The van der Waals surface area contributed by atoms with Crippen molar-refractivity contribution in [1.29, 1.82) is 0 Å². The third kappa shape index (κ3) is 10.9. The Bertz CT molecular complexity index is 1200. The van der Waals surface area contributed by atoms with Crippen LogP contribution in [-0.2, 0) is 35.1 Å². The van der Waals surface area contributed by atoms with E-state index in [0.717, 1.165) is 21.7 Å². The molecule has 0 bridgehead atoms. The number of aromatic nitrogens is 1. The summed E-state index contributed by atoms with van der Waals surface area (Å²) >= 11 is 1.58. The van der Waals surface area contributed by atoms with Crippen molar-refractivity contribution in [2.24, 2.45) is 5.41 Å². The molecular formula is C31H46N4O8S. The van der Waals surface area contributed by atoms with Gasteiger partial charge < -0.3 is 40.0 Å². The Morgan fingerprint density at radius 3 is 2.27 bits per heavy atom. The van der Waals surface area contributed by atoms with Crippen molar-refractivity contribution in [3.63, 3.8) is 0 Å². The summed E-state index contributed by atoms with van der Waals surface area (Å²) in [5.41, 5.74) is 4.10. The molecule has 0 saturated carbocycles. The van der Waals surface area contributed by atoms with Crippen molar-refractivity contribution < 1.29 is 38.8 Å². The molecule has 1 aliphatic rings. The van der Waals surface area contributed by atoms with Crippen LogP contribution < -0.4 is 10.6 Å². The molecule has 0 aliphatic carbocycles. The van der Waals surface area contributed by atoms with E-state index in [4.69, 9.17) is 19.3 Å². The second-order valence-electron chi connectivity index (χ2n) is 11.8. The maximum atomic E-state index is 13.7. The highest BCUT2D eigenvalue weighted by Crippen LogP contribution is 2.28. The third-order valence-electron chi connectivity index (χ3n) is 7.16. The summed E-state index contributed by atoms with van der Waals surface area (Å²) < 4.78 is 15.9. The van der Waals surface area contributed by atoms with E-state index in [2.05, 4.69) is 15.6 Å². The fourth-order valence-corrected chi connectivity index (χ4v) is 5.60. The molecule has 1 aliphatic heterocycles. The van der Waals surface area contributed by atoms with Crippen LogP contribution in [0.15, 0.2) is 29.8 Å². The van der Waals surface area contributed by atoms with E-state index >= 15 is 0 Å². The van der Waals surface area contributed by atoms with Crippen molar-refractivity contribution in [1.82, 2.24) is 20.5 Å². The summed E-state index contributed by atoms with van der Waals surface area (Å²) in [7, 11) is 0. The molecule has 3 unspecified atom stereocenters. The molecule has 0 radical (unpaired) electrons. The number of rotatable bonds is 17. The molecule has 244 valence electrons. The van der Waals surface area contributed by atoms with Gasteiger partial charge in [0.1, 0.15) is 12.1 Å². The predicted octanol–water partition coefficient (Wildman–Crippen LogP) is 1.66. The Hall–Kier alpha value is -2.94. The van der Waals surface area contributed by atoms with Crippen LogP contribution in [0, 0.1) is 12.3 Å². The molecule has 1 aromatic carbocycles. The molecule has 1 saturated heterocycles. The molecule has 2 heterocycles. The van der Waals surface area contributed by atoms with Crippen LogP contribution in [0.3, 0.4) is 0 Å². The average Bonchev–Trinajstić information content (AvgIpc) is 3.60. The lowest BCUT2D eigenvalue weighted by molar-refractivity contribution is -0.144. The van der Waals surface area contributed by atoms with Gasteiger partial charge in [-0.15, -0.1) is 11.3 Å². The monoisotopic (exact) mass is 634 g/mol. The summed E-state index contributed by atoms with van der Waals surface area (Å²) in [5, 5.41) is 24.8. The highest BCUT2D eigenvalue weighted by molar-refractivity contribution is 7.13. The molecule has 3 atom stereocenters. The summed E-state index contributed by atoms with van der Waals surface area (Å²) in [4.78, 5) is 46.5. The van der Waals surface area contributed by atoms with Gasteiger partial charge in [-0.2, -0.15) is 0 Å². The third-order valence-corrected chi connectivity index (χ3v) is 8.14. The van der Waals surface area contributed by atoms with Gasteiger partial charge >= 0.3 is 0 Å². The van der Waals surface area contributed by atoms with Crippen molar-refractivity contribution in [2.45, 2.75) is 65.3 Å². The van der Waals surface area contributed by atoms with Crippen LogP contribution in [0.1, 0.15) is 44.9 Å². The number of aryl methyl sites for hydroxylation is 1. The molecule has 13 heteroatoms. The Morgan fingerprint density at radius 1 is 1.05 bits per heavy atom. The zero-order valence-corrected chi connectivity index (χ0v) is 26.9. The van der Waals surface area contributed by atoms with Crippen LogP contribution >= 0.6 is 11.3 Å². The lowest BCUT2D eigenvalue weighted by atomic mass is 9.85. The smallest absolute Gasteiger partial charge is 0.246 e. The maximum absolute atomic E-state index is 13.7. The zero-order chi connectivity index (χ0) is 32.1. The molecular weight excluding hydrogens is 588 g/mol. The lowest BCUT2D eigenvalue weighted by Gasteiger charge is -2.35. The standard InChI is InChI=1S/C31H46N4O8S/c1-21-27(44-20-33-21)23-7-5-22(6-8-23)18-32-29(39)25-17-24(37)19-35(25)30(40)28(31(2,3)4)34-26(38)9-11-41-13-15-43-16-14-42-12-10-36/h5-8,20,24-25,28,36-37H,9-19H2,1-4H3,(H,32,39)(H,34,38). The number of thiazole rings is 1. The van der Waals surface area contributed by atoms with Crippen LogP contribution in [0.4, 0.5) is 0 Å². The van der Waals surface area contributed by atoms with Gasteiger partial charge in [0, 0.05) is 25.9 Å². The number of benzene rings is 1. The number of likely N-dealkylation sites (tertiary alicyclic amines) is 1. The van der Waals surface area contributed by atoms with Crippen LogP contribution in [0.25, 0.3) is 10.4 Å². The summed E-state index contributed by atoms with van der Waals surface area (Å²) in [6.07, 6.45) is -0.673. The number of aliphatic hydroxyl groups excluding tert-OH is 2. The average molecular weight is 635 g/mol.